The van der Waals surface area contributed by atoms with Gasteiger partial charge in [-0.1, -0.05) is 6.92 Å². The zero-order valence-corrected chi connectivity index (χ0v) is 16.6. The molecule has 0 amide bonds. The van der Waals surface area contributed by atoms with Crippen molar-refractivity contribution in [3.8, 4) is 0 Å². The van der Waals surface area contributed by atoms with E-state index >= 15 is 0 Å². The van der Waals surface area contributed by atoms with Gasteiger partial charge >= 0.3 is 0 Å². The molecule has 2 N–H and O–H groups in total. The van der Waals surface area contributed by atoms with Gasteiger partial charge in [-0.05, 0) is 24.1 Å². The van der Waals surface area contributed by atoms with Gasteiger partial charge < -0.3 is 5.32 Å². The van der Waals surface area contributed by atoms with Gasteiger partial charge in [-0.3, -0.25) is 9.52 Å². The maximum atomic E-state index is 14.7. The number of benzene rings is 1. The van der Waals surface area contributed by atoms with Crippen LogP contribution in [0.3, 0.4) is 0 Å². The number of nitrogens with one attached hydrogen (secondary N) is 2. The highest BCUT2D eigenvalue weighted by Gasteiger charge is 2.23. The molecule has 11 heteroatoms. The number of anilines is 2. The molecule has 0 unspecified atom stereocenters. The molecule has 0 saturated carbocycles. The van der Waals surface area contributed by atoms with Crippen molar-refractivity contribution >= 4 is 33.0 Å². The SMILES string of the molecule is CCCS(=O)(=O)Nc1ccc(F)c(C(=O)Cc2cnc3cc(NC)nn3c2)c1F. The molecule has 1 aromatic carbocycles. The smallest absolute Gasteiger partial charge is 0.232 e. The fraction of sp³-hybridized carbons (Fsp3) is 0.278. The standard InChI is InChI=1S/C18H19F2N5O3S/c1-3-6-29(27,28)24-13-5-4-12(19)17(18(13)20)14(26)7-11-9-22-16-8-15(21-2)23-25(16)10-11/h4-5,8-10,24H,3,6-7H2,1-2H3,(H,21,23). The molecule has 0 aliphatic carbocycles. The maximum Gasteiger partial charge on any atom is 0.232 e. The van der Waals surface area contributed by atoms with Crippen molar-refractivity contribution in [2.24, 2.45) is 0 Å². The lowest BCUT2D eigenvalue weighted by molar-refractivity contribution is 0.0984. The van der Waals surface area contributed by atoms with Crippen molar-refractivity contribution in [2.75, 3.05) is 22.8 Å². The highest BCUT2D eigenvalue weighted by atomic mass is 32.2. The van der Waals surface area contributed by atoms with Gasteiger partial charge in [-0.15, -0.1) is 5.10 Å². The molecule has 0 atom stereocenters. The van der Waals surface area contributed by atoms with Gasteiger partial charge in [0.25, 0.3) is 0 Å². The molecule has 2 aromatic heterocycles. The number of fused-ring (bicyclic) bond motifs is 1. The first-order valence-corrected chi connectivity index (χ1v) is 10.4. The zero-order valence-electron chi connectivity index (χ0n) is 15.7. The van der Waals surface area contributed by atoms with Crippen LogP contribution in [-0.4, -0.2) is 41.6 Å². The van der Waals surface area contributed by atoms with Gasteiger partial charge in [0, 0.05) is 31.9 Å². The Hall–Kier alpha value is -3.08. The molecule has 0 bridgehead atoms. The molecule has 3 aromatic rings. The van der Waals surface area contributed by atoms with Gasteiger partial charge in [0.05, 0.1) is 17.0 Å². The first-order chi connectivity index (χ1) is 13.7. The van der Waals surface area contributed by atoms with Gasteiger partial charge in [-0.2, -0.15) is 0 Å². The highest BCUT2D eigenvalue weighted by molar-refractivity contribution is 7.92. The van der Waals surface area contributed by atoms with Crippen LogP contribution in [-0.2, 0) is 16.4 Å². The Morgan fingerprint density at radius 3 is 2.72 bits per heavy atom. The minimum atomic E-state index is -3.80. The van der Waals surface area contributed by atoms with Crippen LogP contribution < -0.4 is 10.0 Å². The predicted octanol–water partition coefficient (Wildman–Crippen LogP) is 2.63. The molecule has 0 aliphatic rings. The second-order valence-corrected chi connectivity index (χ2v) is 8.19. The summed E-state index contributed by atoms with van der Waals surface area (Å²) in [5, 5.41) is 7.04. The van der Waals surface area contributed by atoms with Gasteiger partial charge in [0.15, 0.2) is 17.2 Å². The number of ketones is 1. The van der Waals surface area contributed by atoms with Crippen molar-refractivity contribution in [3.63, 3.8) is 0 Å². The lowest BCUT2D eigenvalue weighted by atomic mass is 10.0. The maximum absolute atomic E-state index is 14.7. The first kappa shape index (κ1) is 20.6. The molecular formula is C18H19F2N5O3S. The summed E-state index contributed by atoms with van der Waals surface area (Å²) in [5.74, 6) is -2.82. The monoisotopic (exact) mass is 423 g/mol. The predicted molar refractivity (Wildman–Crippen MR) is 105 cm³/mol. The fourth-order valence-electron chi connectivity index (χ4n) is 2.78. The summed E-state index contributed by atoms with van der Waals surface area (Å²) in [6.07, 6.45) is 2.93. The third-order valence-electron chi connectivity index (χ3n) is 4.10. The molecule has 0 fully saturated rings. The van der Waals surface area contributed by atoms with E-state index in [1.54, 1.807) is 20.0 Å². The third-order valence-corrected chi connectivity index (χ3v) is 5.57. The summed E-state index contributed by atoms with van der Waals surface area (Å²) in [7, 11) is -2.10. The number of Topliss-reactive ketones (excluding diaryl/α,β-unsaturated/α-hetero) is 1. The van der Waals surface area contributed by atoms with Crippen LogP contribution in [0.4, 0.5) is 20.3 Å². The van der Waals surface area contributed by atoms with E-state index in [0.717, 1.165) is 12.1 Å². The quantitative estimate of drug-likeness (QED) is 0.540. The van der Waals surface area contributed by atoms with E-state index < -0.39 is 38.7 Å². The number of hydrogen-bond donors (Lipinski definition) is 2. The van der Waals surface area contributed by atoms with Crippen molar-refractivity contribution in [2.45, 2.75) is 19.8 Å². The van der Waals surface area contributed by atoms with Crippen molar-refractivity contribution < 1.29 is 22.0 Å². The molecule has 8 nitrogen and oxygen atoms in total. The number of nitrogens with zero attached hydrogens (tertiary/aromatic N) is 3. The van der Waals surface area contributed by atoms with Crippen molar-refractivity contribution in [1.29, 1.82) is 0 Å². The largest absolute Gasteiger partial charge is 0.372 e. The molecular weight excluding hydrogens is 404 g/mol. The number of carbonyl (C=O) groups is 1. The Morgan fingerprint density at radius 1 is 1.28 bits per heavy atom. The second-order valence-electron chi connectivity index (χ2n) is 6.35. The Balaban J connectivity index is 1.89. The lowest BCUT2D eigenvalue weighted by Crippen LogP contribution is -2.19. The number of carbonyl (C=O) groups excluding carboxylic acids is 1. The first-order valence-electron chi connectivity index (χ1n) is 8.78. The summed E-state index contributed by atoms with van der Waals surface area (Å²) in [4.78, 5) is 16.7. The van der Waals surface area contributed by atoms with Crippen LogP contribution in [0, 0.1) is 11.6 Å². The minimum absolute atomic E-state index is 0.225. The molecule has 2 heterocycles. The summed E-state index contributed by atoms with van der Waals surface area (Å²) >= 11 is 0. The highest BCUT2D eigenvalue weighted by Crippen LogP contribution is 2.24. The van der Waals surface area contributed by atoms with Crippen molar-refractivity contribution in [1.82, 2.24) is 14.6 Å². The lowest BCUT2D eigenvalue weighted by Gasteiger charge is -2.11. The van der Waals surface area contributed by atoms with E-state index in [4.69, 9.17) is 0 Å². The van der Waals surface area contributed by atoms with Crippen LogP contribution >= 0.6 is 0 Å². The minimum Gasteiger partial charge on any atom is -0.372 e. The number of rotatable bonds is 8. The Morgan fingerprint density at radius 2 is 2.03 bits per heavy atom. The zero-order chi connectivity index (χ0) is 21.2. The van der Waals surface area contributed by atoms with E-state index in [1.807, 2.05) is 0 Å². The molecule has 0 saturated heterocycles. The fourth-order valence-corrected chi connectivity index (χ4v) is 3.91. The summed E-state index contributed by atoms with van der Waals surface area (Å²) < 4.78 is 56.2. The van der Waals surface area contributed by atoms with Gasteiger partial charge in [0.2, 0.25) is 10.0 Å². The van der Waals surface area contributed by atoms with Crippen LogP contribution in [0.15, 0.2) is 30.6 Å². The van der Waals surface area contributed by atoms with E-state index in [2.05, 4.69) is 20.1 Å². The molecule has 0 radical (unpaired) electrons. The van der Waals surface area contributed by atoms with Crippen LogP contribution in [0.5, 0.6) is 0 Å². The number of sulfonamides is 1. The summed E-state index contributed by atoms with van der Waals surface area (Å²) in [6.45, 7) is 1.65. The van der Waals surface area contributed by atoms with Gasteiger partial charge in [0.1, 0.15) is 11.6 Å². The van der Waals surface area contributed by atoms with E-state index in [1.165, 1.54) is 16.9 Å². The molecule has 0 aliphatic heterocycles. The van der Waals surface area contributed by atoms with Crippen LogP contribution in [0.2, 0.25) is 0 Å². The summed E-state index contributed by atoms with van der Waals surface area (Å²) in [5.41, 5.74) is -0.347. The second kappa shape index (κ2) is 8.11. The van der Waals surface area contributed by atoms with E-state index in [-0.39, 0.29) is 12.2 Å². The Kier molecular flexibility index (Phi) is 5.78. The van der Waals surface area contributed by atoms with Gasteiger partial charge in [-0.25, -0.2) is 26.7 Å². The molecule has 3 rings (SSSR count). The number of hydrogen-bond acceptors (Lipinski definition) is 6. The normalized spacial score (nSPS) is 11.6. The molecule has 0 spiro atoms. The topological polar surface area (TPSA) is 105 Å². The van der Waals surface area contributed by atoms with E-state index in [9.17, 15) is 22.0 Å². The molecule has 29 heavy (non-hydrogen) atoms. The average molecular weight is 423 g/mol. The molecule has 154 valence electrons. The number of halogens is 2. The Labute approximate surface area is 166 Å². The van der Waals surface area contributed by atoms with Crippen LogP contribution in [0.25, 0.3) is 5.65 Å². The third kappa shape index (κ3) is 4.50. The Bertz CT molecular complexity index is 1180. The summed E-state index contributed by atoms with van der Waals surface area (Å²) in [6, 6.07) is 3.50. The van der Waals surface area contributed by atoms with E-state index in [0.29, 0.717) is 23.4 Å². The van der Waals surface area contributed by atoms with Crippen LogP contribution in [0.1, 0.15) is 29.3 Å². The van der Waals surface area contributed by atoms with Crippen molar-refractivity contribution in [3.05, 3.63) is 53.4 Å². The number of aromatic nitrogens is 3. The average Bonchev–Trinajstić information content (AvgIpc) is 3.06.